The molecule has 0 aliphatic rings. The van der Waals surface area contributed by atoms with Crippen molar-refractivity contribution in [1.82, 2.24) is 19.5 Å². The Balaban J connectivity index is 1.71. The van der Waals surface area contributed by atoms with Gasteiger partial charge in [-0.1, -0.05) is 12.1 Å². The Morgan fingerprint density at radius 3 is 3.08 bits per heavy atom. The van der Waals surface area contributed by atoms with Gasteiger partial charge in [0.2, 0.25) is 5.95 Å². The van der Waals surface area contributed by atoms with E-state index in [0.717, 1.165) is 15.7 Å². The third kappa shape index (κ3) is 2.86. The summed E-state index contributed by atoms with van der Waals surface area (Å²) in [5.41, 5.74) is 2.86. The van der Waals surface area contributed by atoms with Crippen LogP contribution in [0.4, 0.5) is 5.95 Å². The lowest BCUT2D eigenvalue weighted by atomic mass is 10.3. The number of nitrogens with zero attached hydrogens (tertiary/aromatic N) is 4. The molecule has 0 fully saturated rings. The number of amides is 1. The van der Waals surface area contributed by atoms with Gasteiger partial charge in [0.1, 0.15) is 6.33 Å². The van der Waals surface area contributed by atoms with Crippen LogP contribution in [-0.4, -0.2) is 37.1 Å². The second-order valence-electron chi connectivity index (χ2n) is 5.49. The van der Waals surface area contributed by atoms with Crippen LogP contribution < -0.4 is 5.32 Å². The van der Waals surface area contributed by atoms with E-state index in [9.17, 15) is 4.79 Å². The molecule has 0 radical (unpaired) electrons. The van der Waals surface area contributed by atoms with Crippen LogP contribution in [-0.2, 0) is 6.54 Å². The molecule has 25 heavy (non-hydrogen) atoms. The molecule has 4 aromatic rings. The highest BCUT2D eigenvalue weighted by Crippen LogP contribution is 2.25. The number of hydrogen-bond donors (Lipinski definition) is 2. The molecule has 2 N–H and O–H groups in total. The molecule has 0 unspecified atom stereocenters. The molecular weight excluding hydrogens is 338 g/mol. The van der Waals surface area contributed by atoms with E-state index >= 15 is 0 Å². The van der Waals surface area contributed by atoms with Gasteiger partial charge in [0, 0.05) is 24.7 Å². The minimum absolute atomic E-state index is 0.0754. The van der Waals surface area contributed by atoms with E-state index in [2.05, 4.69) is 20.3 Å². The lowest BCUT2D eigenvalue weighted by Crippen LogP contribution is -2.16. The summed E-state index contributed by atoms with van der Waals surface area (Å²) in [6, 6.07) is 7.67. The molecule has 8 heteroatoms. The third-order valence-electron chi connectivity index (χ3n) is 3.90. The summed E-state index contributed by atoms with van der Waals surface area (Å²) < 4.78 is 2.77. The van der Waals surface area contributed by atoms with Gasteiger partial charge in [0.05, 0.1) is 26.8 Å². The molecule has 3 heterocycles. The fourth-order valence-electron chi connectivity index (χ4n) is 2.74. The first-order chi connectivity index (χ1) is 12.3. The summed E-state index contributed by atoms with van der Waals surface area (Å²) in [4.78, 5) is 25.4. The van der Waals surface area contributed by atoms with Gasteiger partial charge in [-0.05, 0) is 18.6 Å². The van der Waals surface area contributed by atoms with Crippen molar-refractivity contribution < 1.29 is 9.90 Å². The molecule has 1 aromatic carbocycles. The SMILES string of the molecule is O=C(Nc1nc2ccccc2n1CCCO)c1csc2cncnc12. The van der Waals surface area contributed by atoms with Crippen molar-refractivity contribution in [2.45, 2.75) is 13.0 Å². The number of para-hydroxylation sites is 2. The van der Waals surface area contributed by atoms with E-state index in [0.29, 0.717) is 30.0 Å². The highest BCUT2D eigenvalue weighted by molar-refractivity contribution is 7.17. The smallest absolute Gasteiger partial charge is 0.261 e. The Kier molecular flexibility index (Phi) is 4.12. The van der Waals surface area contributed by atoms with Crippen molar-refractivity contribution in [1.29, 1.82) is 0 Å². The highest BCUT2D eigenvalue weighted by Gasteiger charge is 2.17. The molecule has 0 aliphatic carbocycles. The summed E-state index contributed by atoms with van der Waals surface area (Å²) in [5.74, 6) is 0.207. The Bertz CT molecular complexity index is 1060. The number of benzene rings is 1. The highest BCUT2D eigenvalue weighted by atomic mass is 32.1. The number of hydrogen-bond acceptors (Lipinski definition) is 6. The second kappa shape index (κ2) is 6.58. The molecule has 0 saturated heterocycles. The Morgan fingerprint density at radius 1 is 1.32 bits per heavy atom. The third-order valence-corrected chi connectivity index (χ3v) is 4.81. The molecule has 7 nitrogen and oxygen atoms in total. The zero-order chi connectivity index (χ0) is 17.2. The maximum absolute atomic E-state index is 12.7. The van der Waals surface area contributed by atoms with E-state index in [1.807, 2.05) is 28.8 Å². The molecule has 0 aliphatic heterocycles. The van der Waals surface area contributed by atoms with Gasteiger partial charge in [0.25, 0.3) is 5.91 Å². The molecule has 126 valence electrons. The Labute approximate surface area is 147 Å². The topological polar surface area (TPSA) is 92.9 Å². The number of fused-ring (bicyclic) bond motifs is 2. The average molecular weight is 353 g/mol. The largest absolute Gasteiger partial charge is 0.396 e. The quantitative estimate of drug-likeness (QED) is 0.575. The predicted molar refractivity (Wildman–Crippen MR) is 96.8 cm³/mol. The first-order valence-corrected chi connectivity index (χ1v) is 8.70. The van der Waals surface area contributed by atoms with Gasteiger partial charge < -0.3 is 9.67 Å². The van der Waals surface area contributed by atoms with E-state index in [1.165, 1.54) is 17.7 Å². The maximum Gasteiger partial charge on any atom is 0.261 e. The summed E-state index contributed by atoms with van der Waals surface area (Å²) in [5, 5.41) is 13.8. The average Bonchev–Trinajstić information content (AvgIpc) is 3.21. The zero-order valence-electron chi connectivity index (χ0n) is 13.2. The van der Waals surface area contributed by atoms with Crippen molar-refractivity contribution in [3.05, 3.63) is 47.7 Å². The van der Waals surface area contributed by atoms with Gasteiger partial charge >= 0.3 is 0 Å². The number of aryl methyl sites for hydroxylation is 1. The summed E-state index contributed by atoms with van der Waals surface area (Å²) in [6.07, 6.45) is 3.71. The van der Waals surface area contributed by atoms with Crippen LogP contribution in [0.5, 0.6) is 0 Å². The molecule has 1 amide bonds. The number of thiophene rings is 1. The minimum atomic E-state index is -0.259. The van der Waals surface area contributed by atoms with Crippen LogP contribution in [0.15, 0.2) is 42.2 Å². The number of aliphatic hydroxyl groups is 1. The van der Waals surface area contributed by atoms with Crippen LogP contribution in [0.25, 0.3) is 21.3 Å². The monoisotopic (exact) mass is 353 g/mol. The van der Waals surface area contributed by atoms with Gasteiger partial charge in [-0.15, -0.1) is 11.3 Å². The number of nitrogens with one attached hydrogen (secondary N) is 1. The fraction of sp³-hybridized carbons (Fsp3) is 0.176. The van der Waals surface area contributed by atoms with Crippen molar-refractivity contribution in [3.8, 4) is 0 Å². The number of carbonyl (C=O) groups excluding carboxylic acids is 1. The lowest BCUT2D eigenvalue weighted by Gasteiger charge is -2.09. The van der Waals surface area contributed by atoms with Crippen LogP contribution in [0.3, 0.4) is 0 Å². The molecule has 0 bridgehead atoms. The number of rotatable bonds is 5. The van der Waals surface area contributed by atoms with Gasteiger partial charge in [0.15, 0.2) is 0 Å². The fourth-order valence-corrected chi connectivity index (χ4v) is 3.60. The van der Waals surface area contributed by atoms with Gasteiger partial charge in [-0.3, -0.25) is 10.1 Å². The lowest BCUT2D eigenvalue weighted by molar-refractivity contribution is 0.102. The second-order valence-corrected chi connectivity index (χ2v) is 6.40. The Hall–Kier alpha value is -2.84. The molecular formula is C17H15N5O2S. The van der Waals surface area contributed by atoms with Crippen molar-refractivity contribution in [2.24, 2.45) is 0 Å². The predicted octanol–water partition coefficient (Wildman–Crippen LogP) is 2.68. The normalized spacial score (nSPS) is 11.2. The number of imidazole rings is 1. The summed E-state index contributed by atoms with van der Waals surface area (Å²) in [7, 11) is 0. The molecule has 0 atom stereocenters. The van der Waals surface area contributed by atoms with E-state index in [1.54, 1.807) is 11.6 Å². The summed E-state index contributed by atoms with van der Waals surface area (Å²) in [6.45, 7) is 0.644. The van der Waals surface area contributed by atoms with Crippen LogP contribution in [0, 0.1) is 0 Å². The molecule has 3 aromatic heterocycles. The number of anilines is 1. The van der Waals surface area contributed by atoms with Crippen LogP contribution in [0.2, 0.25) is 0 Å². The van der Waals surface area contributed by atoms with E-state index < -0.39 is 0 Å². The number of carbonyl (C=O) groups is 1. The first-order valence-electron chi connectivity index (χ1n) is 7.82. The molecule has 4 rings (SSSR count). The van der Waals surface area contributed by atoms with Gasteiger partial charge in [-0.2, -0.15) is 0 Å². The Morgan fingerprint density at radius 2 is 2.20 bits per heavy atom. The van der Waals surface area contributed by atoms with E-state index in [4.69, 9.17) is 5.11 Å². The van der Waals surface area contributed by atoms with Crippen molar-refractivity contribution >= 4 is 44.4 Å². The maximum atomic E-state index is 12.7. The standard InChI is InChI=1S/C17H15N5O2S/c23-7-3-6-22-13-5-2-1-4-12(13)20-17(22)21-16(24)11-9-25-14-8-18-10-19-15(11)14/h1-2,4-5,8-10,23H,3,6-7H2,(H,20,21,24). The first kappa shape index (κ1) is 15.7. The zero-order valence-corrected chi connectivity index (χ0v) is 14.0. The van der Waals surface area contributed by atoms with Crippen LogP contribution in [0.1, 0.15) is 16.8 Å². The molecule has 0 spiro atoms. The number of aliphatic hydroxyl groups excluding tert-OH is 1. The van der Waals surface area contributed by atoms with Crippen molar-refractivity contribution in [3.63, 3.8) is 0 Å². The number of aromatic nitrogens is 4. The van der Waals surface area contributed by atoms with E-state index in [-0.39, 0.29) is 12.5 Å². The molecule has 0 saturated carbocycles. The van der Waals surface area contributed by atoms with Crippen molar-refractivity contribution in [2.75, 3.05) is 11.9 Å². The van der Waals surface area contributed by atoms with Crippen LogP contribution >= 0.6 is 11.3 Å². The summed E-state index contributed by atoms with van der Waals surface area (Å²) >= 11 is 1.43. The van der Waals surface area contributed by atoms with Gasteiger partial charge in [-0.25, -0.2) is 15.0 Å². The minimum Gasteiger partial charge on any atom is -0.396 e.